The van der Waals surface area contributed by atoms with E-state index in [9.17, 15) is 9.90 Å². The van der Waals surface area contributed by atoms with Gasteiger partial charge in [-0.1, -0.05) is 0 Å². The molecule has 2 N–H and O–H groups in total. The van der Waals surface area contributed by atoms with Crippen LogP contribution in [-0.4, -0.2) is 64.8 Å². The predicted molar refractivity (Wildman–Crippen MR) is 66.8 cm³/mol. The van der Waals surface area contributed by atoms with Crippen molar-refractivity contribution in [3.63, 3.8) is 0 Å². The van der Waals surface area contributed by atoms with Gasteiger partial charge in [-0.05, 0) is 25.1 Å². The number of nitrogens with zero attached hydrogens (tertiary/aromatic N) is 2. The van der Waals surface area contributed by atoms with Gasteiger partial charge >= 0.3 is 5.97 Å². The van der Waals surface area contributed by atoms with Crippen molar-refractivity contribution >= 4 is 23.3 Å². The predicted octanol–water partition coefficient (Wildman–Crippen LogP) is -0.274. The highest BCUT2D eigenvalue weighted by Gasteiger charge is 2.53. The lowest BCUT2D eigenvalue weighted by Gasteiger charge is -2.30. The monoisotopic (exact) mass is 255 g/mol. The Balaban J connectivity index is 1.69. The van der Waals surface area contributed by atoms with Crippen molar-refractivity contribution < 1.29 is 9.90 Å². The van der Waals surface area contributed by atoms with E-state index >= 15 is 0 Å². The number of hydrogen-bond donors (Lipinski definition) is 2. The van der Waals surface area contributed by atoms with Crippen LogP contribution in [0.25, 0.3) is 0 Å². The first kappa shape index (κ1) is 11.2. The minimum Gasteiger partial charge on any atom is -0.481 e. The molecule has 1 saturated carbocycles. The fourth-order valence-corrected chi connectivity index (χ4v) is 3.16. The summed E-state index contributed by atoms with van der Waals surface area (Å²) in [6.07, 6.45) is 1.59. The zero-order chi connectivity index (χ0) is 12.0. The molecule has 0 aromatic heterocycles. The van der Waals surface area contributed by atoms with Gasteiger partial charge in [0, 0.05) is 32.7 Å². The molecule has 3 fully saturated rings. The maximum absolute atomic E-state index is 11.2. The second-order valence-electron chi connectivity index (χ2n) is 5.30. The summed E-state index contributed by atoms with van der Waals surface area (Å²) in [6.45, 7) is 4.33. The van der Waals surface area contributed by atoms with Crippen LogP contribution in [0.4, 0.5) is 0 Å². The Morgan fingerprint density at radius 1 is 1.59 bits per heavy atom. The molecule has 2 heterocycles. The summed E-state index contributed by atoms with van der Waals surface area (Å²) in [5.41, 5.74) is -0.508. The maximum atomic E-state index is 11.2. The summed E-state index contributed by atoms with van der Waals surface area (Å²) >= 11 is 5.45. The number of carboxylic acids is 1. The minimum atomic E-state index is -0.664. The molecular formula is C11H17N3O2S. The zero-order valence-electron chi connectivity index (χ0n) is 9.69. The lowest BCUT2D eigenvalue weighted by molar-refractivity contribution is -0.143. The molecule has 1 aliphatic carbocycles. The Hall–Kier alpha value is -0.880. The van der Waals surface area contributed by atoms with E-state index in [1.54, 1.807) is 0 Å². The van der Waals surface area contributed by atoms with Crippen LogP contribution in [0.3, 0.4) is 0 Å². The van der Waals surface area contributed by atoms with Crippen molar-refractivity contribution in [1.29, 1.82) is 0 Å². The molecule has 6 heteroatoms. The first-order chi connectivity index (χ1) is 8.12. The third-order valence-electron chi connectivity index (χ3n) is 4.10. The van der Waals surface area contributed by atoms with Crippen LogP contribution in [0.5, 0.6) is 0 Å². The third-order valence-corrected chi connectivity index (χ3v) is 4.59. The fraction of sp³-hybridized carbons (Fsp3) is 0.818. The molecule has 0 bridgehead atoms. The lowest BCUT2D eigenvalue weighted by atomic mass is 10.1. The summed E-state index contributed by atoms with van der Waals surface area (Å²) in [4.78, 5) is 15.5. The number of rotatable bonds is 3. The fourth-order valence-electron chi connectivity index (χ4n) is 2.78. The average molecular weight is 255 g/mol. The van der Waals surface area contributed by atoms with Crippen LogP contribution < -0.4 is 5.32 Å². The number of aliphatic carboxylic acids is 1. The van der Waals surface area contributed by atoms with Gasteiger partial charge in [-0.25, -0.2) is 0 Å². The van der Waals surface area contributed by atoms with Gasteiger partial charge in [-0.2, -0.15) is 0 Å². The van der Waals surface area contributed by atoms with E-state index in [1.165, 1.54) is 0 Å². The van der Waals surface area contributed by atoms with Crippen molar-refractivity contribution in [3.8, 4) is 0 Å². The Labute approximate surface area is 106 Å². The molecule has 0 aromatic rings. The van der Waals surface area contributed by atoms with Crippen LogP contribution >= 0.6 is 12.2 Å². The number of piperazine rings is 1. The third kappa shape index (κ3) is 1.79. The normalized spacial score (nSPS) is 30.4. The molecule has 2 aliphatic heterocycles. The van der Waals surface area contributed by atoms with Gasteiger partial charge in [-0.15, -0.1) is 0 Å². The first-order valence-electron chi connectivity index (χ1n) is 6.12. The number of hydrogen-bond acceptors (Lipinski definition) is 3. The summed E-state index contributed by atoms with van der Waals surface area (Å²) < 4.78 is 0. The Bertz CT molecular complexity index is 370. The van der Waals surface area contributed by atoms with Crippen LogP contribution in [-0.2, 0) is 4.79 Å². The smallest absolute Gasteiger partial charge is 0.311 e. The molecule has 17 heavy (non-hydrogen) atoms. The molecule has 0 radical (unpaired) electrons. The number of fused-ring (bicyclic) bond motifs is 1. The van der Waals surface area contributed by atoms with E-state index in [1.807, 2.05) is 0 Å². The number of thiocarbonyl (C=S) groups is 1. The second-order valence-corrected chi connectivity index (χ2v) is 5.67. The SMILES string of the molecule is O=C(O)C1(CN2CC3CNCCN3C2=S)CC1. The van der Waals surface area contributed by atoms with Gasteiger partial charge in [0.2, 0.25) is 0 Å². The van der Waals surface area contributed by atoms with Crippen molar-refractivity contribution in [3.05, 3.63) is 0 Å². The van der Waals surface area contributed by atoms with Crippen molar-refractivity contribution in [2.75, 3.05) is 32.7 Å². The standard InChI is InChI=1S/C11H17N3O2S/c15-9(16)11(1-2-11)7-13-6-8-5-12-3-4-14(8)10(13)17/h8,12H,1-7H2,(H,15,16). The van der Waals surface area contributed by atoms with Crippen LogP contribution in [0.1, 0.15) is 12.8 Å². The van der Waals surface area contributed by atoms with Gasteiger partial charge in [0.25, 0.3) is 0 Å². The van der Waals surface area contributed by atoms with Gasteiger partial charge in [0.1, 0.15) is 0 Å². The highest BCUT2D eigenvalue weighted by atomic mass is 32.1. The first-order valence-corrected chi connectivity index (χ1v) is 6.53. The summed E-state index contributed by atoms with van der Waals surface area (Å²) in [5.74, 6) is -0.664. The second kappa shape index (κ2) is 3.81. The number of carboxylic acid groups (broad SMARTS) is 1. The van der Waals surface area contributed by atoms with Crippen molar-refractivity contribution in [2.24, 2.45) is 5.41 Å². The minimum absolute atomic E-state index is 0.431. The van der Waals surface area contributed by atoms with E-state index in [-0.39, 0.29) is 0 Å². The largest absolute Gasteiger partial charge is 0.481 e. The van der Waals surface area contributed by atoms with E-state index < -0.39 is 11.4 Å². The van der Waals surface area contributed by atoms with E-state index in [0.717, 1.165) is 44.1 Å². The van der Waals surface area contributed by atoms with E-state index in [0.29, 0.717) is 12.6 Å². The highest BCUT2D eigenvalue weighted by Crippen LogP contribution is 2.47. The van der Waals surface area contributed by atoms with Crippen LogP contribution in [0.15, 0.2) is 0 Å². The molecule has 1 atom stereocenters. The molecule has 3 rings (SSSR count). The van der Waals surface area contributed by atoms with Gasteiger partial charge in [-0.3, -0.25) is 4.79 Å². The van der Waals surface area contributed by atoms with Crippen LogP contribution in [0.2, 0.25) is 0 Å². The van der Waals surface area contributed by atoms with Gasteiger partial charge < -0.3 is 20.2 Å². The Kier molecular flexibility index (Phi) is 2.52. The molecule has 0 amide bonds. The number of nitrogens with one attached hydrogen (secondary N) is 1. The van der Waals surface area contributed by atoms with Crippen molar-refractivity contribution in [1.82, 2.24) is 15.1 Å². The van der Waals surface area contributed by atoms with Gasteiger partial charge in [0.05, 0.1) is 11.5 Å². The molecular weight excluding hydrogens is 238 g/mol. The summed E-state index contributed by atoms with van der Waals surface area (Å²) in [7, 11) is 0. The highest BCUT2D eigenvalue weighted by molar-refractivity contribution is 7.80. The zero-order valence-corrected chi connectivity index (χ0v) is 10.5. The molecule has 5 nitrogen and oxygen atoms in total. The number of carbonyl (C=O) groups is 1. The molecule has 1 unspecified atom stereocenters. The van der Waals surface area contributed by atoms with Gasteiger partial charge in [0.15, 0.2) is 5.11 Å². The topological polar surface area (TPSA) is 55.8 Å². The van der Waals surface area contributed by atoms with Crippen molar-refractivity contribution in [2.45, 2.75) is 18.9 Å². The lowest BCUT2D eigenvalue weighted by Crippen LogP contribution is -2.49. The maximum Gasteiger partial charge on any atom is 0.311 e. The Morgan fingerprint density at radius 2 is 2.35 bits per heavy atom. The summed E-state index contributed by atoms with van der Waals surface area (Å²) in [5, 5.41) is 13.4. The van der Waals surface area contributed by atoms with Crippen LogP contribution in [0, 0.1) is 5.41 Å². The van der Waals surface area contributed by atoms with E-state index in [4.69, 9.17) is 12.2 Å². The average Bonchev–Trinajstić information content (AvgIpc) is 3.03. The molecule has 0 spiro atoms. The summed E-state index contributed by atoms with van der Waals surface area (Å²) in [6, 6.07) is 0.431. The molecule has 2 saturated heterocycles. The van der Waals surface area contributed by atoms with E-state index in [2.05, 4.69) is 15.1 Å². The molecule has 3 aliphatic rings. The quantitative estimate of drug-likeness (QED) is 0.677. The molecule has 0 aromatic carbocycles. The Morgan fingerprint density at radius 3 is 2.94 bits per heavy atom. The molecule has 94 valence electrons.